The molecule has 98 valence electrons. The molecule has 0 amide bonds. The number of fused-ring (bicyclic) bond motifs is 1. The van der Waals surface area contributed by atoms with Crippen LogP contribution < -0.4 is 5.32 Å². The van der Waals surface area contributed by atoms with E-state index in [-0.39, 0.29) is 5.82 Å². The Morgan fingerprint density at radius 2 is 2.11 bits per heavy atom. The third kappa shape index (κ3) is 2.23. The van der Waals surface area contributed by atoms with Gasteiger partial charge in [-0.25, -0.2) is 14.4 Å². The average Bonchev–Trinajstić information content (AvgIpc) is 2.89. The van der Waals surface area contributed by atoms with Gasteiger partial charge in [0.1, 0.15) is 11.6 Å². The second kappa shape index (κ2) is 4.89. The molecule has 1 aliphatic carbocycles. The molecule has 0 aliphatic heterocycles. The number of anilines is 1. The summed E-state index contributed by atoms with van der Waals surface area (Å²) in [5.41, 5.74) is 3.14. The fraction of sp³-hybridized carbons (Fsp3) is 0.286. The first kappa shape index (κ1) is 12.5. The maximum atomic E-state index is 13.3. The van der Waals surface area contributed by atoms with E-state index in [4.69, 9.17) is 0 Å². The minimum Gasteiger partial charge on any atom is -0.373 e. The molecule has 2 aromatic rings. The lowest BCUT2D eigenvalue weighted by atomic mass is 10.2. The zero-order valence-electron chi connectivity index (χ0n) is 10.5. The molecule has 0 radical (unpaired) electrons. The lowest BCUT2D eigenvalue weighted by molar-refractivity contribution is 0.621. The highest BCUT2D eigenvalue weighted by Gasteiger charge is 2.19. The van der Waals surface area contributed by atoms with Crippen LogP contribution in [0.3, 0.4) is 0 Å². The lowest BCUT2D eigenvalue weighted by Crippen LogP contribution is -2.03. The van der Waals surface area contributed by atoms with Crippen molar-refractivity contribution in [3.63, 3.8) is 0 Å². The zero-order valence-corrected chi connectivity index (χ0v) is 12.1. The molecule has 1 aliphatic rings. The molecule has 19 heavy (non-hydrogen) atoms. The third-order valence-corrected chi connectivity index (χ3v) is 3.96. The smallest absolute Gasteiger partial charge is 0.161 e. The van der Waals surface area contributed by atoms with Crippen molar-refractivity contribution in [3.05, 3.63) is 39.7 Å². The van der Waals surface area contributed by atoms with Crippen LogP contribution in [0, 0.1) is 5.82 Å². The van der Waals surface area contributed by atoms with Crippen LogP contribution in [0.4, 0.5) is 10.2 Å². The molecule has 0 saturated heterocycles. The van der Waals surface area contributed by atoms with Crippen molar-refractivity contribution < 1.29 is 4.39 Å². The molecule has 0 saturated carbocycles. The van der Waals surface area contributed by atoms with Crippen LogP contribution in [0.2, 0.25) is 0 Å². The van der Waals surface area contributed by atoms with Gasteiger partial charge in [-0.05, 0) is 53.4 Å². The van der Waals surface area contributed by atoms with Crippen molar-refractivity contribution in [1.29, 1.82) is 0 Å². The Kier molecular flexibility index (Phi) is 3.22. The van der Waals surface area contributed by atoms with Crippen LogP contribution in [0.5, 0.6) is 0 Å². The minimum atomic E-state index is -0.279. The van der Waals surface area contributed by atoms with Crippen molar-refractivity contribution in [2.45, 2.75) is 19.3 Å². The van der Waals surface area contributed by atoms with Crippen molar-refractivity contribution in [2.24, 2.45) is 0 Å². The summed E-state index contributed by atoms with van der Waals surface area (Å²) in [5, 5.41) is 3.13. The summed E-state index contributed by atoms with van der Waals surface area (Å²) >= 11 is 3.20. The molecule has 1 N–H and O–H groups in total. The number of nitrogens with one attached hydrogen (secondary N) is 1. The van der Waals surface area contributed by atoms with Gasteiger partial charge >= 0.3 is 0 Å². The quantitative estimate of drug-likeness (QED) is 0.918. The van der Waals surface area contributed by atoms with Gasteiger partial charge < -0.3 is 5.32 Å². The maximum Gasteiger partial charge on any atom is 0.161 e. The molecule has 0 bridgehead atoms. The average molecular weight is 322 g/mol. The molecule has 1 aromatic carbocycles. The van der Waals surface area contributed by atoms with Gasteiger partial charge in [0.15, 0.2) is 5.82 Å². The Balaban J connectivity index is 2.12. The molecular formula is C14H13BrFN3. The maximum absolute atomic E-state index is 13.3. The Labute approximate surface area is 119 Å². The van der Waals surface area contributed by atoms with E-state index in [1.54, 1.807) is 12.1 Å². The number of halogens is 2. The molecule has 0 unspecified atom stereocenters. The first-order valence-electron chi connectivity index (χ1n) is 6.22. The summed E-state index contributed by atoms with van der Waals surface area (Å²) in [6.07, 6.45) is 3.13. The number of rotatable bonds is 2. The molecule has 1 aromatic heterocycles. The summed E-state index contributed by atoms with van der Waals surface area (Å²) in [4.78, 5) is 9.15. The van der Waals surface area contributed by atoms with Crippen molar-refractivity contribution in [3.8, 4) is 11.4 Å². The highest BCUT2D eigenvalue weighted by atomic mass is 79.9. The number of nitrogens with zero attached hydrogens (tertiary/aromatic N) is 2. The first-order chi connectivity index (χ1) is 9.19. The van der Waals surface area contributed by atoms with Gasteiger partial charge in [-0.1, -0.05) is 0 Å². The van der Waals surface area contributed by atoms with Crippen LogP contribution in [-0.2, 0) is 12.8 Å². The van der Waals surface area contributed by atoms with Crippen LogP contribution in [0.25, 0.3) is 11.4 Å². The van der Waals surface area contributed by atoms with Crippen molar-refractivity contribution in [1.82, 2.24) is 9.97 Å². The highest BCUT2D eigenvalue weighted by molar-refractivity contribution is 9.10. The van der Waals surface area contributed by atoms with Gasteiger partial charge in [0, 0.05) is 23.9 Å². The Morgan fingerprint density at radius 3 is 2.84 bits per heavy atom. The molecule has 0 atom stereocenters. The van der Waals surface area contributed by atoms with E-state index in [2.05, 4.69) is 31.2 Å². The normalized spacial score (nSPS) is 13.4. The van der Waals surface area contributed by atoms with Crippen LogP contribution in [0.1, 0.15) is 17.7 Å². The highest BCUT2D eigenvalue weighted by Crippen LogP contribution is 2.30. The van der Waals surface area contributed by atoms with Crippen molar-refractivity contribution in [2.75, 3.05) is 12.4 Å². The molecule has 0 spiro atoms. The number of hydrogen-bond donors (Lipinski definition) is 1. The molecular weight excluding hydrogens is 309 g/mol. The molecule has 0 fully saturated rings. The number of aryl methyl sites for hydroxylation is 1. The minimum absolute atomic E-state index is 0.279. The first-order valence-corrected chi connectivity index (χ1v) is 7.01. The number of benzene rings is 1. The monoisotopic (exact) mass is 321 g/mol. The van der Waals surface area contributed by atoms with E-state index in [1.807, 2.05) is 7.05 Å². The fourth-order valence-electron chi connectivity index (χ4n) is 2.40. The van der Waals surface area contributed by atoms with Crippen LogP contribution >= 0.6 is 15.9 Å². The van der Waals surface area contributed by atoms with Crippen LogP contribution in [0.15, 0.2) is 22.7 Å². The summed E-state index contributed by atoms with van der Waals surface area (Å²) < 4.78 is 13.7. The van der Waals surface area contributed by atoms with Gasteiger partial charge in [-0.3, -0.25) is 0 Å². The van der Waals surface area contributed by atoms with Gasteiger partial charge in [0.25, 0.3) is 0 Å². The zero-order chi connectivity index (χ0) is 13.4. The van der Waals surface area contributed by atoms with Gasteiger partial charge in [0.05, 0.1) is 4.47 Å². The summed E-state index contributed by atoms with van der Waals surface area (Å²) in [6.45, 7) is 0. The Hall–Kier alpha value is -1.49. The second-order valence-electron chi connectivity index (χ2n) is 4.55. The predicted octanol–water partition coefficient (Wildman–Crippen LogP) is 3.58. The number of aromatic nitrogens is 2. The molecule has 5 heteroatoms. The Morgan fingerprint density at radius 1 is 1.26 bits per heavy atom. The lowest BCUT2D eigenvalue weighted by Gasteiger charge is -2.10. The Bertz CT molecular complexity index is 643. The summed E-state index contributed by atoms with van der Waals surface area (Å²) in [7, 11) is 1.87. The topological polar surface area (TPSA) is 37.8 Å². The molecule has 1 heterocycles. The molecule has 3 rings (SSSR count). The number of hydrogen-bond acceptors (Lipinski definition) is 3. The third-order valence-electron chi connectivity index (χ3n) is 3.35. The van der Waals surface area contributed by atoms with E-state index >= 15 is 0 Å². The van der Waals surface area contributed by atoms with E-state index < -0.39 is 0 Å². The predicted molar refractivity (Wildman–Crippen MR) is 76.7 cm³/mol. The van der Waals surface area contributed by atoms with Crippen LogP contribution in [-0.4, -0.2) is 17.0 Å². The molecule has 3 nitrogen and oxygen atoms in total. The van der Waals surface area contributed by atoms with E-state index in [0.717, 1.165) is 36.3 Å². The summed E-state index contributed by atoms with van der Waals surface area (Å²) in [6, 6.07) is 4.84. The van der Waals surface area contributed by atoms with E-state index in [9.17, 15) is 4.39 Å². The van der Waals surface area contributed by atoms with Gasteiger partial charge in [-0.2, -0.15) is 0 Å². The second-order valence-corrected chi connectivity index (χ2v) is 5.41. The standard InChI is InChI=1S/C14H13BrFN3/c1-17-14-9-3-2-4-12(9)18-13(19-14)8-5-6-11(16)10(15)7-8/h5-7H,2-4H2,1H3,(H,17,18,19). The van der Waals surface area contributed by atoms with Gasteiger partial charge in [0.2, 0.25) is 0 Å². The van der Waals surface area contributed by atoms with E-state index in [1.165, 1.54) is 11.6 Å². The SMILES string of the molecule is CNc1nc(-c2ccc(F)c(Br)c2)nc2c1CCC2. The largest absolute Gasteiger partial charge is 0.373 e. The summed E-state index contributed by atoms with van der Waals surface area (Å²) in [5.74, 6) is 1.25. The van der Waals surface area contributed by atoms with E-state index in [0.29, 0.717) is 10.3 Å². The fourth-order valence-corrected chi connectivity index (χ4v) is 2.78. The van der Waals surface area contributed by atoms with Gasteiger partial charge in [-0.15, -0.1) is 0 Å². The van der Waals surface area contributed by atoms with Crippen molar-refractivity contribution >= 4 is 21.7 Å².